The van der Waals surface area contributed by atoms with Crippen LogP contribution in [0.5, 0.6) is 0 Å². The number of fused-ring (bicyclic) bond motifs is 2. The maximum absolute atomic E-state index is 12.5. The van der Waals surface area contributed by atoms with Crippen LogP contribution < -0.4 is 5.32 Å². The minimum absolute atomic E-state index is 0.453. The molecule has 0 aromatic heterocycles. The highest BCUT2D eigenvalue weighted by Gasteiger charge is 2.40. The second kappa shape index (κ2) is 6.46. The van der Waals surface area contributed by atoms with E-state index in [1.807, 2.05) is 7.05 Å². The molecule has 0 aromatic carbocycles. The van der Waals surface area contributed by atoms with Crippen molar-refractivity contribution >= 4 is 5.91 Å². The number of hydrogen-bond acceptors (Lipinski definition) is 2. The van der Waals surface area contributed by atoms with Gasteiger partial charge in [-0.05, 0) is 75.8 Å². The highest BCUT2D eigenvalue weighted by atomic mass is 16.2. The monoisotopic (exact) mass is 278 g/mol. The van der Waals surface area contributed by atoms with E-state index in [4.69, 9.17) is 0 Å². The fraction of sp³-hybridized carbons (Fsp3) is 0.941. The summed E-state index contributed by atoms with van der Waals surface area (Å²) < 4.78 is 0. The molecule has 3 rings (SSSR count). The third-order valence-corrected chi connectivity index (χ3v) is 6.09. The molecule has 3 fully saturated rings. The molecule has 114 valence electrons. The first-order chi connectivity index (χ1) is 9.76. The molecule has 3 unspecified atom stereocenters. The average Bonchev–Trinajstić information content (AvgIpc) is 3.08. The number of nitrogens with zero attached hydrogens (tertiary/aromatic N) is 1. The Morgan fingerprint density at radius 3 is 2.55 bits per heavy atom. The molecule has 0 aromatic rings. The molecular weight excluding hydrogens is 248 g/mol. The van der Waals surface area contributed by atoms with Crippen LogP contribution in [0.2, 0.25) is 0 Å². The van der Waals surface area contributed by atoms with Crippen molar-refractivity contribution in [2.24, 2.45) is 23.7 Å². The highest BCUT2D eigenvalue weighted by molar-refractivity contribution is 5.76. The molecule has 1 amide bonds. The summed E-state index contributed by atoms with van der Waals surface area (Å²) in [5.41, 5.74) is 0. The summed E-state index contributed by atoms with van der Waals surface area (Å²) in [7, 11) is 2.02. The van der Waals surface area contributed by atoms with Gasteiger partial charge in [0, 0.05) is 19.5 Å². The Bertz CT molecular complexity index is 336. The zero-order chi connectivity index (χ0) is 13.9. The fourth-order valence-electron chi connectivity index (χ4n) is 4.80. The van der Waals surface area contributed by atoms with Gasteiger partial charge in [-0.2, -0.15) is 0 Å². The molecule has 3 aliphatic rings. The summed E-state index contributed by atoms with van der Waals surface area (Å²) in [6.45, 7) is 3.13. The molecule has 1 aliphatic heterocycles. The molecule has 3 nitrogen and oxygen atoms in total. The highest BCUT2D eigenvalue weighted by Crippen LogP contribution is 2.49. The van der Waals surface area contributed by atoms with Gasteiger partial charge in [-0.3, -0.25) is 4.79 Å². The van der Waals surface area contributed by atoms with E-state index < -0.39 is 0 Å². The van der Waals surface area contributed by atoms with E-state index in [-0.39, 0.29) is 0 Å². The summed E-state index contributed by atoms with van der Waals surface area (Å²) in [4.78, 5) is 14.6. The predicted octanol–water partition coefficient (Wildman–Crippen LogP) is 2.66. The first kappa shape index (κ1) is 14.4. The van der Waals surface area contributed by atoms with E-state index in [1.54, 1.807) is 0 Å². The van der Waals surface area contributed by atoms with Gasteiger partial charge in [-0.25, -0.2) is 0 Å². The molecule has 20 heavy (non-hydrogen) atoms. The van der Waals surface area contributed by atoms with Gasteiger partial charge < -0.3 is 10.2 Å². The number of carbonyl (C=O) groups excluding carboxylic acids is 1. The fourth-order valence-corrected chi connectivity index (χ4v) is 4.80. The maximum atomic E-state index is 12.5. The number of nitrogens with one attached hydrogen (secondary N) is 1. The third-order valence-electron chi connectivity index (χ3n) is 6.09. The van der Waals surface area contributed by atoms with Gasteiger partial charge in [0.15, 0.2) is 0 Å². The number of likely N-dealkylation sites (tertiary alicyclic amines) is 1. The predicted molar refractivity (Wildman–Crippen MR) is 81.4 cm³/mol. The molecule has 1 N–H and O–H groups in total. The normalized spacial score (nSPS) is 33.9. The van der Waals surface area contributed by atoms with Crippen LogP contribution in [0, 0.1) is 23.7 Å². The average molecular weight is 278 g/mol. The lowest BCUT2D eigenvalue weighted by Crippen LogP contribution is -2.40. The van der Waals surface area contributed by atoms with Crippen molar-refractivity contribution in [3.63, 3.8) is 0 Å². The van der Waals surface area contributed by atoms with E-state index >= 15 is 0 Å². The van der Waals surface area contributed by atoms with E-state index in [9.17, 15) is 4.79 Å². The lowest BCUT2D eigenvalue weighted by molar-refractivity contribution is -0.134. The molecular formula is C17H30N2O. The molecule has 0 radical (unpaired) electrons. The molecule has 2 saturated carbocycles. The first-order valence-electron chi connectivity index (χ1n) is 8.68. The van der Waals surface area contributed by atoms with Gasteiger partial charge in [-0.1, -0.05) is 6.42 Å². The number of hydrogen-bond donors (Lipinski definition) is 1. The molecule has 1 saturated heterocycles. The van der Waals surface area contributed by atoms with Crippen LogP contribution in [-0.2, 0) is 4.79 Å². The van der Waals surface area contributed by atoms with Crippen molar-refractivity contribution in [2.75, 3.05) is 26.7 Å². The van der Waals surface area contributed by atoms with Crippen molar-refractivity contribution in [3.05, 3.63) is 0 Å². The summed E-state index contributed by atoms with van der Waals surface area (Å²) in [5, 5.41) is 3.23. The van der Waals surface area contributed by atoms with Gasteiger partial charge in [0.1, 0.15) is 0 Å². The summed E-state index contributed by atoms with van der Waals surface area (Å²) in [5.74, 6) is 3.86. The molecule has 2 aliphatic carbocycles. The third kappa shape index (κ3) is 3.19. The SMILES string of the molecule is CNCCC1CCN(C(=O)CC2CC3CCC2C3)CC1. The molecule has 3 heteroatoms. The zero-order valence-electron chi connectivity index (χ0n) is 12.9. The summed E-state index contributed by atoms with van der Waals surface area (Å²) in [6.07, 6.45) is 10.1. The van der Waals surface area contributed by atoms with Gasteiger partial charge in [0.05, 0.1) is 0 Å². The minimum Gasteiger partial charge on any atom is -0.343 e. The topological polar surface area (TPSA) is 32.3 Å². The van der Waals surface area contributed by atoms with E-state index in [2.05, 4.69) is 10.2 Å². The quantitative estimate of drug-likeness (QED) is 0.838. The second-order valence-electron chi connectivity index (χ2n) is 7.36. The van der Waals surface area contributed by atoms with Crippen molar-refractivity contribution in [1.29, 1.82) is 0 Å². The van der Waals surface area contributed by atoms with E-state index in [0.717, 1.165) is 49.7 Å². The van der Waals surface area contributed by atoms with Crippen LogP contribution in [0.1, 0.15) is 51.4 Å². The Hall–Kier alpha value is -0.570. The van der Waals surface area contributed by atoms with Crippen LogP contribution >= 0.6 is 0 Å². The molecule has 0 spiro atoms. The van der Waals surface area contributed by atoms with Gasteiger partial charge in [0.25, 0.3) is 0 Å². The Balaban J connectivity index is 1.40. The number of rotatable bonds is 5. The summed E-state index contributed by atoms with van der Waals surface area (Å²) >= 11 is 0. The minimum atomic E-state index is 0.453. The van der Waals surface area contributed by atoms with Crippen molar-refractivity contribution in [3.8, 4) is 0 Å². The Morgan fingerprint density at radius 2 is 1.95 bits per heavy atom. The van der Waals surface area contributed by atoms with Gasteiger partial charge >= 0.3 is 0 Å². The number of amides is 1. The van der Waals surface area contributed by atoms with E-state index in [1.165, 1.54) is 44.9 Å². The first-order valence-corrected chi connectivity index (χ1v) is 8.68. The Kier molecular flexibility index (Phi) is 4.65. The van der Waals surface area contributed by atoms with Gasteiger partial charge in [0.2, 0.25) is 5.91 Å². The molecule has 3 atom stereocenters. The van der Waals surface area contributed by atoms with Crippen molar-refractivity contribution in [2.45, 2.75) is 51.4 Å². The Morgan fingerprint density at radius 1 is 1.15 bits per heavy atom. The lowest BCUT2D eigenvalue weighted by Gasteiger charge is -2.33. The van der Waals surface area contributed by atoms with Crippen molar-refractivity contribution in [1.82, 2.24) is 10.2 Å². The smallest absolute Gasteiger partial charge is 0.222 e. The second-order valence-corrected chi connectivity index (χ2v) is 7.36. The van der Waals surface area contributed by atoms with Crippen molar-refractivity contribution < 1.29 is 4.79 Å². The van der Waals surface area contributed by atoms with E-state index in [0.29, 0.717) is 5.91 Å². The summed E-state index contributed by atoms with van der Waals surface area (Å²) in [6, 6.07) is 0. The molecule has 1 heterocycles. The van der Waals surface area contributed by atoms with Crippen LogP contribution in [0.15, 0.2) is 0 Å². The van der Waals surface area contributed by atoms with Crippen LogP contribution in [-0.4, -0.2) is 37.5 Å². The number of piperidine rings is 1. The zero-order valence-corrected chi connectivity index (χ0v) is 12.9. The van der Waals surface area contributed by atoms with Gasteiger partial charge in [-0.15, -0.1) is 0 Å². The number of carbonyl (C=O) groups is 1. The molecule has 2 bridgehead atoms. The van der Waals surface area contributed by atoms with Crippen LogP contribution in [0.3, 0.4) is 0 Å². The van der Waals surface area contributed by atoms with Crippen LogP contribution in [0.25, 0.3) is 0 Å². The van der Waals surface area contributed by atoms with Crippen LogP contribution in [0.4, 0.5) is 0 Å². The standard InChI is InChI=1S/C17H30N2O/c1-18-7-4-13-5-8-19(9-6-13)17(20)12-16-11-14-2-3-15(16)10-14/h13-16,18H,2-12H2,1H3. The lowest BCUT2D eigenvalue weighted by atomic mass is 9.85. The largest absolute Gasteiger partial charge is 0.343 e. The Labute approximate surface area is 123 Å². The maximum Gasteiger partial charge on any atom is 0.222 e.